The predicted octanol–water partition coefficient (Wildman–Crippen LogP) is -0.582. The molecular formula is C7H16IN3O2. The van der Waals surface area contributed by atoms with Gasteiger partial charge >= 0.3 is 0 Å². The van der Waals surface area contributed by atoms with Crippen LogP contribution < -0.4 is 11.5 Å². The summed E-state index contributed by atoms with van der Waals surface area (Å²) in [6.45, 7) is 0.581. The molecule has 1 heterocycles. The first-order chi connectivity index (χ1) is 5.72. The molecule has 1 aliphatic heterocycles. The summed E-state index contributed by atoms with van der Waals surface area (Å²) >= 11 is 0. The summed E-state index contributed by atoms with van der Waals surface area (Å²) in [5, 5.41) is 8.75. The highest BCUT2D eigenvalue weighted by Gasteiger charge is 2.23. The number of guanidine groups is 1. The summed E-state index contributed by atoms with van der Waals surface area (Å²) in [5.41, 5.74) is 10.3. The van der Waals surface area contributed by atoms with Crippen LogP contribution >= 0.6 is 24.0 Å². The molecule has 0 amide bonds. The van der Waals surface area contributed by atoms with Crippen LogP contribution in [0.4, 0.5) is 0 Å². The third kappa shape index (κ3) is 4.63. The maximum Gasteiger partial charge on any atom is 0.185 e. The van der Waals surface area contributed by atoms with Gasteiger partial charge in [0.05, 0.1) is 25.4 Å². The van der Waals surface area contributed by atoms with Gasteiger partial charge in [0.15, 0.2) is 5.96 Å². The SMILES string of the molecule is I.NC(N)=NC[C@H]1CC[C@@H](CO)O1. The molecule has 1 fully saturated rings. The highest BCUT2D eigenvalue weighted by Crippen LogP contribution is 2.18. The Balaban J connectivity index is 0.00000144. The van der Waals surface area contributed by atoms with Gasteiger partial charge in [0.2, 0.25) is 0 Å². The van der Waals surface area contributed by atoms with E-state index in [1.165, 1.54) is 0 Å². The van der Waals surface area contributed by atoms with Crippen molar-refractivity contribution in [1.29, 1.82) is 0 Å². The van der Waals surface area contributed by atoms with Gasteiger partial charge in [0, 0.05) is 0 Å². The molecule has 0 bridgehead atoms. The van der Waals surface area contributed by atoms with Gasteiger partial charge in [-0.05, 0) is 12.8 Å². The number of rotatable bonds is 3. The van der Waals surface area contributed by atoms with E-state index in [0.29, 0.717) is 6.54 Å². The molecule has 2 atom stereocenters. The number of hydrogen-bond donors (Lipinski definition) is 3. The molecule has 13 heavy (non-hydrogen) atoms. The van der Waals surface area contributed by atoms with Crippen LogP contribution in [0.2, 0.25) is 0 Å². The smallest absolute Gasteiger partial charge is 0.185 e. The molecule has 5 nitrogen and oxygen atoms in total. The lowest BCUT2D eigenvalue weighted by Crippen LogP contribution is -2.25. The molecule has 0 aromatic rings. The second-order valence-electron chi connectivity index (χ2n) is 2.91. The average Bonchev–Trinajstić information content (AvgIpc) is 2.48. The van der Waals surface area contributed by atoms with Gasteiger partial charge in [-0.25, -0.2) is 0 Å². The zero-order chi connectivity index (χ0) is 8.97. The van der Waals surface area contributed by atoms with E-state index in [2.05, 4.69) is 4.99 Å². The molecule has 0 aromatic heterocycles. The second-order valence-corrected chi connectivity index (χ2v) is 2.91. The van der Waals surface area contributed by atoms with Crippen LogP contribution in [-0.2, 0) is 4.74 Å². The topological polar surface area (TPSA) is 93.9 Å². The molecule has 6 heteroatoms. The fourth-order valence-corrected chi connectivity index (χ4v) is 1.26. The second kappa shape index (κ2) is 6.39. The first kappa shape index (κ1) is 12.9. The van der Waals surface area contributed by atoms with Crippen molar-refractivity contribution in [3.05, 3.63) is 0 Å². The van der Waals surface area contributed by atoms with E-state index in [4.69, 9.17) is 21.3 Å². The number of aliphatic hydroxyl groups is 1. The van der Waals surface area contributed by atoms with Crippen LogP contribution in [0.25, 0.3) is 0 Å². The molecule has 5 N–H and O–H groups in total. The number of halogens is 1. The monoisotopic (exact) mass is 301 g/mol. The summed E-state index contributed by atoms with van der Waals surface area (Å²) < 4.78 is 5.39. The van der Waals surface area contributed by atoms with Gasteiger partial charge in [0.25, 0.3) is 0 Å². The first-order valence-electron chi connectivity index (χ1n) is 4.04. The minimum Gasteiger partial charge on any atom is -0.394 e. The summed E-state index contributed by atoms with van der Waals surface area (Å²) in [7, 11) is 0. The number of hydrogen-bond acceptors (Lipinski definition) is 3. The number of nitrogens with zero attached hydrogens (tertiary/aromatic N) is 1. The first-order valence-corrected chi connectivity index (χ1v) is 4.04. The molecule has 78 valence electrons. The highest BCUT2D eigenvalue weighted by atomic mass is 127. The summed E-state index contributed by atoms with van der Waals surface area (Å²) in [4.78, 5) is 3.84. The Bertz CT molecular complexity index is 173. The average molecular weight is 301 g/mol. The van der Waals surface area contributed by atoms with E-state index in [9.17, 15) is 0 Å². The Morgan fingerprint density at radius 2 is 2.00 bits per heavy atom. The quantitative estimate of drug-likeness (QED) is 0.369. The molecule has 1 aliphatic rings. The van der Waals surface area contributed by atoms with Gasteiger partial charge in [-0.3, -0.25) is 4.99 Å². The predicted molar refractivity (Wildman–Crippen MR) is 61.1 cm³/mol. The molecule has 0 aliphatic carbocycles. The van der Waals surface area contributed by atoms with Crippen molar-refractivity contribution in [2.45, 2.75) is 25.0 Å². The van der Waals surface area contributed by atoms with Gasteiger partial charge < -0.3 is 21.3 Å². The van der Waals surface area contributed by atoms with Gasteiger partial charge in [-0.1, -0.05) is 0 Å². The normalized spacial score (nSPS) is 26.5. The zero-order valence-corrected chi connectivity index (χ0v) is 9.68. The zero-order valence-electron chi connectivity index (χ0n) is 7.35. The summed E-state index contributed by atoms with van der Waals surface area (Å²) in [6.07, 6.45) is 1.86. The van der Waals surface area contributed by atoms with Crippen LogP contribution in [0.1, 0.15) is 12.8 Å². The summed E-state index contributed by atoms with van der Waals surface area (Å²) in [6, 6.07) is 0. The van der Waals surface area contributed by atoms with E-state index in [0.717, 1.165) is 12.8 Å². The van der Waals surface area contributed by atoms with E-state index in [1.54, 1.807) is 0 Å². The Kier molecular flexibility index (Phi) is 6.35. The summed E-state index contributed by atoms with van der Waals surface area (Å²) in [5.74, 6) is 0.0889. The lowest BCUT2D eigenvalue weighted by molar-refractivity contribution is 0.0160. The fourth-order valence-electron chi connectivity index (χ4n) is 1.26. The number of aliphatic hydroxyl groups excluding tert-OH is 1. The Morgan fingerprint density at radius 3 is 2.46 bits per heavy atom. The van der Waals surface area contributed by atoms with Crippen molar-refractivity contribution >= 4 is 29.9 Å². The van der Waals surface area contributed by atoms with Gasteiger partial charge in [-0.2, -0.15) is 0 Å². The maximum atomic E-state index is 8.75. The van der Waals surface area contributed by atoms with Crippen molar-refractivity contribution in [3.8, 4) is 0 Å². The van der Waals surface area contributed by atoms with Gasteiger partial charge in [-0.15, -0.1) is 24.0 Å². The molecule has 0 saturated carbocycles. The minimum absolute atomic E-state index is 0. The highest BCUT2D eigenvalue weighted by molar-refractivity contribution is 14.0. The Labute approximate surface area is 94.5 Å². The fraction of sp³-hybridized carbons (Fsp3) is 0.857. The molecule has 0 aromatic carbocycles. The largest absolute Gasteiger partial charge is 0.394 e. The van der Waals surface area contributed by atoms with Crippen LogP contribution in [-0.4, -0.2) is 36.4 Å². The van der Waals surface area contributed by atoms with E-state index >= 15 is 0 Å². The number of nitrogens with two attached hydrogens (primary N) is 2. The molecule has 0 radical (unpaired) electrons. The Hall–Kier alpha value is -0.0800. The molecule has 1 saturated heterocycles. The number of ether oxygens (including phenoxy) is 1. The number of aliphatic imine (C=N–C) groups is 1. The van der Waals surface area contributed by atoms with E-state index in [-0.39, 0.29) is 48.8 Å². The Morgan fingerprint density at radius 1 is 1.38 bits per heavy atom. The molecule has 0 spiro atoms. The van der Waals surface area contributed by atoms with E-state index < -0.39 is 0 Å². The molecule has 0 unspecified atom stereocenters. The van der Waals surface area contributed by atoms with Crippen molar-refractivity contribution in [1.82, 2.24) is 0 Å². The lowest BCUT2D eigenvalue weighted by Gasteiger charge is -2.08. The van der Waals surface area contributed by atoms with Gasteiger partial charge in [0.1, 0.15) is 0 Å². The van der Waals surface area contributed by atoms with Crippen molar-refractivity contribution in [3.63, 3.8) is 0 Å². The van der Waals surface area contributed by atoms with Crippen molar-refractivity contribution in [2.75, 3.05) is 13.2 Å². The van der Waals surface area contributed by atoms with E-state index in [1.807, 2.05) is 0 Å². The third-order valence-corrected chi connectivity index (χ3v) is 1.88. The molecule has 1 rings (SSSR count). The third-order valence-electron chi connectivity index (χ3n) is 1.88. The standard InChI is InChI=1S/C7H15N3O2.HI/c8-7(9)10-3-5-1-2-6(4-11)12-5;/h5-6,11H,1-4H2,(H4,8,9,10);1H/t5-,6+;/m1./s1. The maximum absolute atomic E-state index is 8.75. The van der Waals surface area contributed by atoms with Crippen LogP contribution in [0.15, 0.2) is 4.99 Å². The minimum atomic E-state index is -0.0239. The van der Waals surface area contributed by atoms with Crippen molar-refractivity contribution < 1.29 is 9.84 Å². The lowest BCUT2D eigenvalue weighted by atomic mass is 10.2. The molecular weight excluding hydrogens is 285 g/mol. The van der Waals surface area contributed by atoms with Crippen molar-refractivity contribution in [2.24, 2.45) is 16.5 Å². The van der Waals surface area contributed by atoms with Crippen LogP contribution in [0.3, 0.4) is 0 Å². The van der Waals surface area contributed by atoms with Crippen LogP contribution in [0.5, 0.6) is 0 Å². The van der Waals surface area contributed by atoms with Crippen LogP contribution in [0, 0.1) is 0 Å².